The number of nitro groups is 1. The zero-order valence-corrected chi connectivity index (χ0v) is 19.3. The first kappa shape index (κ1) is 22.3. The van der Waals surface area contributed by atoms with Crippen LogP contribution in [0.2, 0.25) is 5.02 Å². The van der Waals surface area contributed by atoms with Gasteiger partial charge < -0.3 is 4.57 Å². The Labute approximate surface area is 207 Å². The van der Waals surface area contributed by atoms with Crippen molar-refractivity contribution >= 4 is 29.2 Å². The lowest BCUT2D eigenvalue weighted by molar-refractivity contribution is -0.384. The van der Waals surface area contributed by atoms with Gasteiger partial charge in [-0.3, -0.25) is 10.1 Å². The van der Waals surface area contributed by atoms with Crippen molar-refractivity contribution in [3.8, 4) is 28.2 Å². The van der Waals surface area contributed by atoms with Crippen LogP contribution in [0.25, 0.3) is 28.2 Å². The molecular formula is C29H20ClN3O2. The standard InChI is InChI=1S/C29H20ClN3O2/c30-24-15-17-25(18-16-24)32-28(21-9-3-1-4-10-21)19-23(29(32)22-11-5-2-6-12-22)20-31-26-13-7-8-14-27(26)33(34)35/h1-20H. The Kier molecular flexibility index (Phi) is 6.24. The van der Waals surface area contributed by atoms with Crippen molar-refractivity contribution in [3.63, 3.8) is 0 Å². The van der Waals surface area contributed by atoms with Gasteiger partial charge in [-0.1, -0.05) is 84.4 Å². The van der Waals surface area contributed by atoms with E-state index in [2.05, 4.69) is 27.8 Å². The monoisotopic (exact) mass is 477 g/mol. The maximum atomic E-state index is 11.5. The molecule has 0 radical (unpaired) electrons. The molecule has 0 aliphatic carbocycles. The van der Waals surface area contributed by atoms with E-state index < -0.39 is 4.92 Å². The fraction of sp³-hybridized carbons (Fsp3) is 0. The van der Waals surface area contributed by atoms with E-state index in [-0.39, 0.29) is 5.69 Å². The van der Waals surface area contributed by atoms with Crippen LogP contribution in [0.3, 0.4) is 0 Å². The van der Waals surface area contributed by atoms with Gasteiger partial charge in [-0.15, -0.1) is 0 Å². The molecule has 0 atom stereocenters. The van der Waals surface area contributed by atoms with E-state index in [0.29, 0.717) is 10.7 Å². The van der Waals surface area contributed by atoms with Gasteiger partial charge in [0.05, 0.1) is 16.3 Å². The number of aromatic nitrogens is 1. The summed E-state index contributed by atoms with van der Waals surface area (Å²) in [5.74, 6) is 0. The molecule has 1 heterocycles. The first-order chi connectivity index (χ1) is 17.1. The second-order valence-corrected chi connectivity index (χ2v) is 8.32. The van der Waals surface area contributed by atoms with Crippen LogP contribution in [0.5, 0.6) is 0 Å². The summed E-state index contributed by atoms with van der Waals surface area (Å²) in [5, 5.41) is 12.1. The summed E-state index contributed by atoms with van der Waals surface area (Å²) < 4.78 is 2.17. The molecule has 0 unspecified atom stereocenters. The number of hydrogen-bond donors (Lipinski definition) is 0. The molecule has 0 spiro atoms. The third kappa shape index (κ3) is 4.63. The van der Waals surface area contributed by atoms with Crippen molar-refractivity contribution in [1.82, 2.24) is 4.57 Å². The number of halogens is 1. The van der Waals surface area contributed by atoms with Crippen LogP contribution in [-0.2, 0) is 0 Å². The summed E-state index contributed by atoms with van der Waals surface area (Å²) in [5.41, 5.74) is 5.96. The highest BCUT2D eigenvalue weighted by molar-refractivity contribution is 6.30. The summed E-state index contributed by atoms with van der Waals surface area (Å²) in [4.78, 5) is 15.6. The quantitative estimate of drug-likeness (QED) is 0.141. The van der Waals surface area contributed by atoms with Crippen LogP contribution in [-0.4, -0.2) is 15.7 Å². The molecule has 5 aromatic rings. The van der Waals surface area contributed by atoms with Crippen molar-refractivity contribution in [3.05, 3.63) is 136 Å². The summed E-state index contributed by atoms with van der Waals surface area (Å²) in [7, 11) is 0. The van der Waals surface area contributed by atoms with E-state index in [1.807, 2.05) is 72.8 Å². The molecule has 0 aliphatic rings. The largest absolute Gasteiger partial charge is 0.309 e. The van der Waals surface area contributed by atoms with E-state index in [0.717, 1.165) is 33.8 Å². The number of aliphatic imine (C=N–C) groups is 1. The Morgan fingerprint density at radius 1 is 0.771 bits per heavy atom. The lowest BCUT2D eigenvalue weighted by Crippen LogP contribution is -2.00. The minimum absolute atomic E-state index is 0.0366. The number of rotatable bonds is 6. The van der Waals surface area contributed by atoms with Crippen molar-refractivity contribution in [2.45, 2.75) is 0 Å². The summed E-state index contributed by atoms with van der Waals surface area (Å²) in [6.45, 7) is 0. The third-order valence-electron chi connectivity index (χ3n) is 5.65. The average molecular weight is 478 g/mol. The van der Waals surface area contributed by atoms with Crippen molar-refractivity contribution in [1.29, 1.82) is 0 Å². The summed E-state index contributed by atoms with van der Waals surface area (Å²) in [6.07, 6.45) is 1.70. The number of nitro benzene ring substituents is 1. The van der Waals surface area contributed by atoms with Crippen LogP contribution >= 0.6 is 11.6 Å². The third-order valence-corrected chi connectivity index (χ3v) is 5.90. The molecule has 0 saturated heterocycles. The van der Waals surface area contributed by atoms with Crippen molar-refractivity contribution < 1.29 is 4.92 Å². The summed E-state index contributed by atoms with van der Waals surface area (Å²) >= 11 is 6.19. The smallest absolute Gasteiger partial charge is 0.294 e. The Balaban J connectivity index is 1.78. The van der Waals surface area contributed by atoms with Gasteiger partial charge in [0.15, 0.2) is 0 Å². The minimum atomic E-state index is -0.418. The maximum absolute atomic E-state index is 11.5. The number of para-hydroxylation sites is 2. The number of benzene rings is 4. The number of nitrogens with zero attached hydrogens (tertiary/aromatic N) is 3. The van der Waals surface area contributed by atoms with Crippen molar-refractivity contribution in [2.24, 2.45) is 4.99 Å². The van der Waals surface area contributed by atoms with E-state index >= 15 is 0 Å². The first-order valence-corrected chi connectivity index (χ1v) is 11.4. The SMILES string of the molecule is O=[N+]([O-])c1ccccc1N=Cc1cc(-c2ccccc2)n(-c2ccc(Cl)cc2)c1-c1ccccc1. The van der Waals surface area contributed by atoms with Gasteiger partial charge in [-0.25, -0.2) is 4.99 Å². The van der Waals surface area contributed by atoms with E-state index in [4.69, 9.17) is 11.6 Å². The molecule has 4 aromatic carbocycles. The summed E-state index contributed by atoms with van der Waals surface area (Å²) in [6, 6.07) is 36.3. The van der Waals surface area contributed by atoms with E-state index in [1.165, 1.54) is 6.07 Å². The van der Waals surface area contributed by atoms with E-state index in [9.17, 15) is 10.1 Å². The van der Waals surface area contributed by atoms with Gasteiger partial charge in [0.1, 0.15) is 5.69 Å². The zero-order valence-electron chi connectivity index (χ0n) is 18.6. The van der Waals surface area contributed by atoms with Crippen molar-refractivity contribution in [2.75, 3.05) is 0 Å². The second kappa shape index (κ2) is 9.79. The van der Waals surface area contributed by atoms with Gasteiger partial charge in [-0.2, -0.15) is 0 Å². The Bertz CT molecular complexity index is 1510. The molecule has 0 N–H and O–H groups in total. The van der Waals surface area contributed by atoms with Crippen LogP contribution in [0.15, 0.2) is 120 Å². The molecule has 170 valence electrons. The molecule has 5 nitrogen and oxygen atoms in total. The lowest BCUT2D eigenvalue weighted by atomic mass is 10.1. The molecule has 0 saturated carbocycles. The Hall–Kier alpha value is -4.48. The van der Waals surface area contributed by atoms with Gasteiger partial charge in [-0.05, 0) is 47.5 Å². The van der Waals surface area contributed by atoms with Crippen LogP contribution < -0.4 is 0 Å². The van der Waals surface area contributed by atoms with E-state index in [1.54, 1.807) is 24.4 Å². The highest BCUT2D eigenvalue weighted by atomic mass is 35.5. The topological polar surface area (TPSA) is 60.4 Å². The zero-order chi connectivity index (χ0) is 24.2. The van der Waals surface area contributed by atoms with Crippen LogP contribution in [0.1, 0.15) is 5.56 Å². The van der Waals surface area contributed by atoms with Crippen LogP contribution in [0, 0.1) is 10.1 Å². The fourth-order valence-electron chi connectivity index (χ4n) is 4.07. The molecule has 0 amide bonds. The Morgan fingerprint density at radius 3 is 2.03 bits per heavy atom. The Morgan fingerprint density at radius 2 is 1.37 bits per heavy atom. The predicted octanol–water partition coefficient (Wildman–Crippen LogP) is 8.12. The van der Waals surface area contributed by atoms with Crippen LogP contribution in [0.4, 0.5) is 11.4 Å². The average Bonchev–Trinajstić information content (AvgIpc) is 3.28. The fourth-order valence-corrected chi connectivity index (χ4v) is 4.19. The highest BCUT2D eigenvalue weighted by Crippen LogP contribution is 2.36. The molecule has 1 aromatic heterocycles. The second-order valence-electron chi connectivity index (χ2n) is 7.88. The predicted molar refractivity (Wildman–Crippen MR) is 142 cm³/mol. The normalized spacial score (nSPS) is 11.1. The molecule has 0 bridgehead atoms. The molecular weight excluding hydrogens is 458 g/mol. The van der Waals surface area contributed by atoms with Gasteiger partial charge in [0.25, 0.3) is 5.69 Å². The minimum Gasteiger partial charge on any atom is -0.309 e. The molecule has 0 fully saturated rings. The van der Waals surface area contributed by atoms with Gasteiger partial charge in [0, 0.05) is 28.6 Å². The maximum Gasteiger partial charge on any atom is 0.294 e. The van der Waals surface area contributed by atoms with Gasteiger partial charge in [0.2, 0.25) is 0 Å². The van der Waals surface area contributed by atoms with Gasteiger partial charge >= 0.3 is 0 Å². The molecule has 35 heavy (non-hydrogen) atoms. The molecule has 5 rings (SSSR count). The highest BCUT2D eigenvalue weighted by Gasteiger charge is 2.19. The molecule has 6 heteroatoms. The number of hydrogen-bond acceptors (Lipinski definition) is 3. The lowest BCUT2D eigenvalue weighted by Gasteiger charge is -2.15. The molecule has 0 aliphatic heterocycles. The first-order valence-electron chi connectivity index (χ1n) is 11.0.